The molecule has 0 saturated carbocycles. The zero-order valence-corrected chi connectivity index (χ0v) is 26.3. The van der Waals surface area contributed by atoms with Crippen LogP contribution in [-0.4, -0.2) is 6.71 Å². The van der Waals surface area contributed by atoms with E-state index in [0.717, 1.165) is 0 Å². The third-order valence-electron chi connectivity index (χ3n) is 10.2. The van der Waals surface area contributed by atoms with Crippen LogP contribution in [0.3, 0.4) is 0 Å². The molecule has 0 amide bonds. The number of fused-ring (bicyclic) bond motifs is 7. The van der Waals surface area contributed by atoms with Crippen LogP contribution in [0.15, 0.2) is 140 Å². The van der Waals surface area contributed by atoms with Crippen LogP contribution < -0.4 is 25.5 Å². The van der Waals surface area contributed by atoms with E-state index in [0.29, 0.717) is 0 Å². The molecule has 0 N–H and O–H groups in total. The van der Waals surface area contributed by atoms with Crippen molar-refractivity contribution < 1.29 is 0 Å². The summed E-state index contributed by atoms with van der Waals surface area (Å²) in [6.45, 7) is 0.168. The number of rotatable bonds is 3. The Kier molecular flexibility index (Phi) is 5.83. The minimum Gasteiger partial charge on any atom is -0.311 e. The van der Waals surface area contributed by atoms with Crippen LogP contribution in [0, 0.1) is 0 Å². The number of nitrogens with zero attached hydrogens (tertiary/aromatic N) is 2. The summed E-state index contributed by atoms with van der Waals surface area (Å²) in [7, 11) is 0. The molecule has 1 aromatic heterocycles. The lowest BCUT2D eigenvalue weighted by Crippen LogP contribution is -2.60. The molecule has 10 rings (SSSR count). The first-order valence-corrected chi connectivity index (χ1v) is 17.3. The Balaban J connectivity index is 1.18. The second-order valence-electron chi connectivity index (χ2n) is 12.7. The van der Waals surface area contributed by atoms with Gasteiger partial charge in [0.05, 0.1) is 5.69 Å². The number of thiophene rings is 1. The van der Waals surface area contributed by atoms with Gasteiger partial charge in [0.1, 0.15) is 0 Å². The van der Waals surface area contributed by atoms with Crippen molar-refractivity contribution in [1.82, 2.24) is 0 Å². The third kappa shape index (κ3) is 3.77. The Bertz CT molecular complexity index is 2290. The highest BCUT2D eigenvalue weighted by atomic mass is 32.1. The lowest BCUT2D eigenvalue weighted by molar-refractivity contribution is 0.687. The fraction of sp³-hybridized carbons (Fsp3) is 0.0952. The van der Waals surface area contributed by atoms with Crippen LogP contribution in [-0.2, 0) is 12.8 Å². The Morgan fingerprint density at radius 2 is 1.24 bits per heavy atom. The summed E-state index contributed by atoms with van der Waals surface area (Å²) in [5, 5.41) is 1.32. The predicted molar refractivity (Wildman–Crippen MR) is 198 cm³/mol. The van der Waals surface area contributed by atoms with Crippen molar-refractivity contribution in [3.8, 4) is 11.1 Å². The number of hydrogen-bond acceptors (Lipinski definition) is 3. The minimum absolute atomic E-state index is 0.168. The van der Waals surface area contributed by atoms with Crippen LogP contribution in [0.4, 0.5) is 34.1 Å². The molecule has 3 aliphatic rings. The Hall–Kier alpha value is -5.06. The van der Waals surface area contributed by atoms with E-state index in [2.05, 4.69) is 149 Å². The van der Waals surface area contributed by atoms with Crippen LogP contribution in [0.25, 0.3) is 21.2 Å². The maximum absolute atomic E-state index is 2.51. The number of hydrogen-bond donors (Lipinski definition) is 0. The molecule has 7 aromatic rings. The van der Waals surface area contributed by atoms with Gasteiger partial charge in [0.2, 0.25) is 0 Å². The molecule has 0 fully saturated rings. The highest BCUT2D eigenvalue weighted by Crippen LogP contribution is 2.47. The smallest absolute Gasteiger partial charge is 0.264 e. The molecule has 4 heteroatoms. The van der Waals surface area contributed by atoms with E-state index in [1.165, 1.54) is 102 Å². The molecule has 1 aliphatic carbocycles. The quantitative estimate of drug-likeness (QED) is 0.185. The Morgan fingerprint density at radius 1 is 0.543 bits per heavy atom. The summed E-state index contributed by atoms with van der Waals surface area (Å²) in [6.07, 6.45) is 4.97. The minimum atomic E-state index is 0.168. The summed E-state index contributed by atoms with van der Waals surface area (Å²) in [6, 6.07) is 52.0. The molecule has 0 bridgehead atoms. The van der Waals surface area contributed by atoms with E-state index >= 15 is 0 Å². The van der Waals surface area contributed by atoms with Gasteiger partial charge < -0.3 is 9.80 Å². The molecule has 3 heterocycles. The maximum Gasteiger partial charge on any atom is 0.264 e. The van der Waals surface area contributed by atoms with Gasteiger partial charge in [0.15, 0.2) is 0 Å². The average molecular weight is 607 g/mol. The normalized spacial score (nSPS) is 14.5. The number of para-hydroxylation sites is 2. The second kappa shape index (κ2) is 10.2. The first-order chi connectivity index (χ1) is 22.8. The van der Waals surface area contributed by atoms with Crippen LogP contribution in [0.5, 0.6) is 0 Å². The molecule has 2 aliphatic heterocycles. The topological polar surface area (TPSA) is 6.48 Å². The van der Waals surface area contributed by atoms with Gasteiger partial charge in [-0.05, 0) is 107 Å². The average Bonchev–Trinajstić information content (AvgIpc) is 3.51. The molecule has 0 saturated heterocycles. The second-order valence-corrected chi connectivity index (χ2v) is 13.8. The molecule has 6 aromatic carbocycles. The highest BCUT2D eigenvalue weighted by Gasteiger charge is 2.44. The summed E-state index contributed by atoms with van der Waals surface area (Å²) >= 11 is 1.95. The van der Waals surface area contributed by atoms with Gasteiger partial charge >= 0.3 is 0 Å². The van der Waals surface area contributed by atoms with Crippen molar-refractivity contribution in [3.05, 3.63) is 151 Å². The van der Waals surface area contributed by atoms with E-state index in [4.69, 9.17) is 0 Å². The standard InChI is InChI=1S/C42H31BN2S/c1-2-14-30(15-3-1)45-38-22-11-21-37-40(38)43(42-41(45)34-17-6-9-23-39(34)46-42)35-19-7-8-20-36(35)44(37)31-26-24-29(25-27-31)33-18-10-13-28-12-4-5-16-32(28)33/h1-3,6-11,13-15,17-27H,4-5,12,16H2. The fourth-order valence-electron chi connectivity index (χ4n) is 8.28. The van der Waals surface area contributed by atoms with Crippen LogP contribution in [0.2, 0.25) is 0 Å². The lowest BCUT2D eigenvalue weighted by atomic mass is 9.36. The summed E-state index contributed by atoms with van der Waals surface area (Å²) in [4.78, 5) is 5.01. The summed E-state index contributed by atoms with van der Waals surface area (Å²) < 4.78 is 2.75. The van der Waals surface area contributed by atoms with Gasteiger partial charge in [-0.15, -0.1) is 11.3 Å². The maximum atomic E-state index is 2.51. The molecule has 0 unspecified atom stereocenters. The molecule has 46 heavy (non-hydrogen) atoms. The van der Waals surface area contributed by atoms with Gasteiger partial charge in [-0.1, -0.05) is 91.0 Å². The number of anilines is 6. The molecular weight excluding hydrogens is 575 g/mol. The largest absolute Gasteiger partial charge is 0.311 e. The zero-order valence-electron chi connectivity index (χ0n) is 25.5. The zero-order chi connectivity index (χ0) is 30.2. The van der Waals surface area contributed by atoms with Crippen molar-refractivity contribution >= 4 is 78.0 Å². The SMILES string of the molecule is c1ccc(N2c3cccc4c3B(c3ccccc3N4c3ccc(-c4cccc5c4CCCC5)cc3)c3sc4ccccc4c32)cc1. The number of aryl methyl sites for hydroxylation is 1. The van der Waals surface area contributed by atoms with Crippen molar-refractivity contribution in [2.24, 2.45) is 0 Å². The first-order valence-electron chi connectivity index (χ1n) is 16.4. The highest BCUT2D eigenvalue weighted by molar-refractivity contribution is 7.33. The van der Waals surface area contributed by atoms with E-state index in [-0.39, 0.29) is 6.71 Å². The van der Waals surface area contributed by atoms with Crippen LogP contribution in [0.1, 0.15) is 24.0 Å². The first kappa shape index (κ1) is 26.2. The summed E-state index contributed by atoms with van der Waals surface area (Å²) in [5.41, 5.74) is 16.0. The van der Waals surface area contributed by atoms with Crippen molar-refractivity contribution in [3.63, 3.8) is 0 Å². The van der Waals surface area contributed by atoms with Crippen molar-refractivity contribution in [1.29, 1.82) is 0 Å². The predicted octanol–water partition coefficient (Wildman–Crippen LogP) is 9.53. The summed E-state index contributed by atoms with van der Waals surface area (Å²) in [5.74, 6) is 0. The van der Waals surface area contributed by atoms with E-state index in [1.54, 1.807) is 5.56 Å². The van der Waals surface area contributed by atoms with Gasteiger partial charge in [-0.2, -0.15) is 0 Å². The Labute approximate surface area is 274 Å². The van der Waals surface area contributed by atoms with Crippen molar-refractivity contribution in [2.75, 3.05) is 9.80 Å². The van der Waals surface area contributed by atoms with E-state index in [1.807, 2.05) is 11.3 Å². The molecule has 0 radical (unpaired) electrons. The van der Waals surface area contributed by atoms with Crippen LogP contribution >= 0.6 is 11.3 Å². The molecule has 0 spiro atoms. The van der Waals surface area contributed by atoms with Gasteiger partial charge in [0.25, 0.3) is 6.71 Å². The van der Waals surface area contributed by atoms with E-state index < -0.39 is 0 Å². The van der Waals surface area contributed by atoms with Gasteiger partial charge in [0, 0.05) is 43.3 Å². The monoisotopic (exact) mass is 606 g/mol. The van der Waals surface area contributed by atoms with Gasteiger partial charge in [-0.3, -0.25) is 0 Å². The van der Waals surface area contributed by atoms with Crippen molar-refractivity contribution in [2.45, 2.75) is 25.7 Å². The molecular formula is C42H31BN2S. The Morgan fingerprint density at radius 3 is 2.13 bits per heavy atom. The molecule has 218 valence electrons. The fourth-order valence-corrected chi connectivity index (χ4v) is 9.60. The molecule has 2 nitrogen and oxygen atoms in total. The van der Waals surface area contributed by atoms with E-state index in [9.17, 15) is 0 Å². The van der Waals surface area contributed by atoms with Gasteiger partial charge in [-0.25, -0.2) is 0 Å². The molecule has 0 atom stereocenters. The number of benzene rings is 6. The lowest BCUT2D eigenvalue weighted by Gasteiger charge is -2.43. The third-order valence-corrected chi connectivity index (χ3v) is 11.5.